The average Bonchev–Trinajstić information content (AvgIpc) is 3.05. The smallest absolute Gasteiger partial charge is 0.399 e. The van der Waals surface area contributed by atoms with Crippen LogP contribution in [0.1, 0.15) is 21.5 Å². The zero-order valence-corrected chi connectivity index (χ0v) is 16.9. The second-order valence-electron chi connectivity index (χ2n) is 6.35. The SMILES string of the molecule is CO/N=C/c1cccc(-c2cc(C(F)(F)F)cc(Cl)c2NC(=O)c2cnn(C)c2F)c1. The number of benzene rings is 2. The summed E-state index contributed by atoms with van der Waals surface area (Å²) in [6.07, 6.45) is -2.31. The van der Waals surface area contributed by atoms with Gasteiger partial charge in [0.25, 0.3) is 5.91 Å². The first-order chi connectivity index (χ1) is 14.6. The van der Waals surface area contributed by atoms with E-state index in [9.17, 15) is 22.4 Å². The lowest BCUT2D eigenvalue weighted by molar-refractivity contribution is -0.137. The maximum absolute atomic E-state index is 14.1. The molecule has 6 nitrogen and oxygen atoms in total. The molecule has 0 atom stereocenters. The third kappa shape index (κ3) is 4.85. The van der Waals surface area contributed by atoms with Crippen molar-refractivity contribution in [1.82, 2.24) is 9.78 Å². The van der Waals surface area contributed by atoms with E-state index in [0.29, 0.717) is 17.2 Å². The summed E-state index contributed by atoms with van der Waals surface area (Å²) in [7, 11) is 2.65. The van der Waals surface area contributed by atoms with Crippen LogP contribution < -0.4 is 5.32 Å². The third-order valence-corrected chi connectivity index (χ3v) is 4.57. The van der Waals surface area contributed by atoms with E-state index in [-0.39, 0.29) is 21.8 Å². The third-order valence-electron chi connectivity index (χ3n) is 4.27. The van der Waals surface area contributed by atoms with E-state index in [1.807, 2.05) is 0 Å². The van der Waals surface area contributed by atoms with Crippen LogP contribution >= 0.6 is 11.6 Å². The number of alkyl halides is 3. The summed E-state index contributed by atoms with van der Waals surface area (Å²) in [6.45, 7) is 0. The lowest BCUT2D eigenvalue weighted by Gasteiger charge is -2.17. The lowest BCUT2D eigenvalue weighted by Crippen LogP contribution is -2.15. The van der Waals surface area contributed by atoms with E-state index in [4.69, 9.17) is 11.6 Å². The standard InChI is InChI=1S/C20H15ClF4N4O2/c1-29-18(22)15(10-26-29)19(30)28-17-14(7-13(8-16(17)21)20(23,24)25)12-5-3-4-11(6-12)9-27-31-2/h3-10H,1-2H3,(H,28,30)/b27-9+. The van der Waals surface area contributed by atoms with Gasteiger partial charge in [0.05, 0.1) is 28.7 Å². The predicted molar refractivity (Wildman–Crippen MR) is 108 cm³/mol. The zero-order valence-electron chi connectivity index (χ0n) is 16.2. The number of carbonyl (C=O) groups excluding carboxylic acids is 1. The molecule has 2 aromatic carbocycles. The topological polar surface area (TPSA) is 68.5 Å². The first kappa shape index (κ1) is 22.3. The maximum Gasteiger partial charge on any atom is 0.416 e. The molecule has 162 valence electrons. The van der Waals surface area contributed by atoms with Gasteiger partial charge in [0.15, 0.2) is 0 Å². The van der Waals surface area contributed by atoms with Crippen molar-refractivity contribution < 1.29 is 27.2 Å². The fourth-order valence-corrected chi connectivity index (χ4v) is 3.05. The molecule has 0 unspecified atom stereocenters. The number of halogens is 5. The van der Waals surface area contributed by atoms with Crippen LogP contribution in [0.4, 0.5) is 23.2 Å². The Morgan fingerprint density at radius 1 is 1.29 bits per heavy atom. The van der Waals surface area contributed by atoms with Crippen molar-refractivity contribution in [2.24, 2.45) is 12.2 Å². The first-order valence-corrected chi connectivity index (χ1v) is 9.06. The predicted octanol–water partition coefficient (Wildman–Crippen LogP) is 5.13. The summed E-state index contributed by atoms with van der Waals surface area (Å²) >= 11 is 6.11. The van der Waals surface area contributed by atoms with E-state index < -0.39 is 23.6 Å². The molecule has 31 heavy (non-hydrogen) atoms. The van der Waals surface area contributed by atoms with Crippen LogP contribution in [0.25, 0.3) is 11.1 Å². The minimum absolute atomic E-state index is 0.00913. The number of rotatable bonds is 5. The van der Waals surface area contributed by atoms with Gasteiger partial charge in [0.1, 0.15) is 12.7 Å². The van der Waals surface area contributed by atoms with Crippen molar-refractivity contribution in [2.45, 2.75) is 6.18 Å². The highest BCUT2D eigenvalue weighted by Gasteiger charge is 2.33. The Hall–Kier alpha value is -3.40. The van der Waals surface area contributed by atoms with Gasteiger partial charge in [-0.15, -0.1) is 0 Å². The van der Waals surface area contributed by atoms with Gasteiger partial charge in [-0.1, -0.05) is 35.0 Å². The fourth-order valence-electron chi connectivity index (χ4n) is 2.78. The molecule has 0 spiro atoms. The Morgan fingerprint density at radius 3 is 2.65 bits per heavy atom. The molecule has 1 amide bonds. The molecule has 1 aromatic heterocycles. The molecule has 0 aliphatic heterocycles. The molecule has 11 heteroatoms. The molecule has 0 aliphatic carbocycles. The Balaban J connectivity index is 2.14. The number of nitrogens with zero attached hydrogens (tertiary/aromatic N) is 3. The van der Waals surface area contributed by atoms with Crippen LogP contribution in [0.3, 0.4) is 0 Å². The highest BCUT2D eigenvalue weighted by atomic mass is 35.5. The second kappa shape index (κ2) is 8.76. The van der Waals surface area contributed by atoms with Crippen LogP contribution in [0.5, 0.6) is 0 Å². The van der Waals surface area contributed by atoms with E-state index in [1.54, 1.807) is 12.1 Å². The van der Waals surface area contributed by atoms with E-state index in [2.05, 4.69) is 20.4 Å². The van der Waals surface area contributed by atoms with Crippen molar-refractivity contribution in [3.8, 4) is 11.1 Å². The van der Waals surface area contributed by atoms with Gasteiger partial charge in [-0.25, -0.2) is 4.68 Å². The van der Waals surface area contributed by atoms with E-state index in [1.165, 1.54) is 32.5 Å². The number of hydrogen-bond donors (Lipinski definition) is 1. The molecule has 0 bridgehead atoms. The second-order valence-corrected chi connectivity index (χ2v) is 6.75. The van der Waals surface area contributed by atoms with Gasteiger partial charge in [-0.2, -0.15) is 22.7 Å². The number of amides is 1. The molecule has 3 aromatic rings. The highest BCUT2D eigenvalue weighted by molar-refractivity contribution is 6.35. The zero-order chi connectivity index (χ0) is 22.8. The summed E-state index contributed by atoms with van der Waals surface area (Å²) < 4.78 is 55.1. The number of aryl methyl sites for hydroxylation is 1. The van der Waals surface area contributed by atoms with Crippen LogP contribution in [-0.2, 0) is 18.1 Å². The molecule has 0 radical (unpaired) electrons. The number of oxime groups is 1. The van der Waals surface area contributed by atoms with Gasteiger partial charge in [-0.05, 0) is 29.3 Å². The van der Waals surface area contributed by atoms with E-state index >= 15 is 0 Å². The average molecular weight is 455 g/mol. The molecule has 0 saturated heterocycles. The molecule has 3 rings (SSSR count). The van der Waals surface area contributed by atoms with Crippen LogP contribution in [0.15, 0.2) is 47.8 Å². The van der Waals surface area contributed by atoms with Gasteiger partial charge in [0, 0.05) is 12.6 Å². The molecule has 0 fully saturated rings. The Morgan fingerprint density at radius 2 is 2.03 bits per heavy atom. The molecular weight excluding hydrogens is 440 g/mol. The van der Waals surface area contributed by atoms with Crippen molar-refractivity contribution in [2.75, 3.05) is 12.4 Å². The van der Waals surface area contributed by atoms with Crippen molar-refractivity contribution in [3.63, 3.8) is 0 Å². The Bertz CT molecular complexity index is 1160. The normalized spacial score (nSPS) is 11.7. The molecule has 1 N–H and O–H groups in total. The molecule has 0 aliphatic rings. The van der Waals surface area contributed by atoms with Crippen LogP contribution in [-0.4, -0.2) is 29.0 Å². The van der Waals surface area contributed by atoms with E-state index in [0.717, 1.165) is 16.9 Å². The lowest BCUT2D eigenvalue weighted by atomic mass is 9.98. The van der Waals surface area contributed by atoms with Crippen LogP contribution in [0.2, 0.25) is 5.02 Å². The summed E-state index contributed by atoms with van der Waals surface area (Å²) in [6, 6.07) is 7.87. The Labute approximate surface area is 179 Å². The molecule has 1 heterocycles. The quantitative estimate of drug-likeness (QED) is 0.330. The Kier molecular flexibility index (Phi) is 6.30. The van der Waals surface area contributed by atoms with Crippen molar-refractivity contribution in [1.29, 1.82) is 0 Å². The van der Waals surface area contributed by atoms with Crippen molar-refractivity contribution in [3.05, 3.63) is 70.3 Å². The largest absolute Gasteiger partial charge is 0.416 e. The number of hydrogen-bond acceptors (Lipinski definition) is 4. The van der Waals surface area contributed by atoms with Crippen LogP contribution in [0, 0.1) is 5.95 Å². The fraction of sp³-hybridized carbons (Fsp3) is 0.150. The van der Waals surface area contributed by atoms with Gasteiger partial charge >= 0.3 is 6.18 Å². The highest BCUT2D eigenvalue weighted by Crippen LogP contribution is 2.41. The van der Waals surface area contributed by atoms with Gasteiger partial charge < -0.3 is 10.2 Å². The minimum atomic E-state index is -4.68. The minimum Gasteiger partial charge on any atom is -0.399 e. The van der Waals surface area contributed by atoms with Gasteiger partial charge in [0.2, 0.25) is 5.95 Å². The molecular formula is C20H15ClF4N4O2. The first-order valence-electron chi connectivity index (χ1n) is 8.68. The maximum atomic E-state index is 14.1. The number of carbonyl (C=O) groups is 1. The summed E-state index contributed by atoms with van der Waals surface area (Å²) in [5.74, 6) is -1.81. The van der Waals surface area contributed by atoms with Gasteiger partial charge in [-0.3, -0.25) is 4.79 Å². The van der Waals surface area contributed by atoms with Crippen molar-refractivity contribution >= 4 is 29.4 Å². The number of nitrogens with one attached hydrogen (secondary N) is 1. The molecule has 0 saturated carbocycles. The summed E-state index contributed by atoms with van der Waals surface area (Å²) in [5.41, 5.74) is -0.660. The summed E-state index contributed by atoms with van der Waals surface area (Å²) in [5, 5.41) is 9.30. The summed E-state index contributed by atoms with van der Waals surface area (Å²) in [4.78, 5) is 17.2. The monoisotopic (exact) mass is 454 g/mol. The number of aromatic nitrogens is 2. The number of anilines is 1.